The average Bonchev–Trinajstić information content (AvgIpc) is 2.99. The number of hydrogen-bond acceptors (Lipinski definition) is 7. The maximum atomic E-state index is 13.3. The molecule has 0 aromatic carbocycles. The molecule has 3 fully saturated rings. The smallest absolute Gasteiger partial charge is 0.159 e. The van der Waals surface area contributed by atoms with E-state index in [1.165, 1.54) is 6.08 Å². The summed E-state index contributed by atoms with van der Waals surface area (Å²) in [5.41, 5.74) is -4.09. The zero-order chi connectivity index (χ0) is 25.4. The molecule has 7 nitrogen and oxygen atoms in total. The highest BCUT2D eigenvalue weighted by Crippen LogP contribution is 2.68. The van der Waals surface area contributed by atoms with Crippen molar-refractivity contribution in [1.82, 2.24) is 0 Å². The van der Waals surface area contributed by atoms with E-state index in [-0.39, 0.29) is 25.0 Å². The fraction of sp³-hybridized carbons (Fsp3) is 0.889. The maximum Gasteiger partial charge on any atom is 0.159 e. The Kier molecular flexibility index (Phi) is 6.45. The van der Waals surface area contributed by atoms with Gasteiger partial charge in [0.25, 0.3) is 0 Å². The van der Waals surface area contributed by atoms with Crippen molar-refractivity contribution in [1.29, 1.82) is 0 Å². The Morgan fingerprint density at radius 3 is 2.35 bits per heavy atom. The second-order valence-corrected chi connectivity index (χ2v) is 13.0. The molecular weight excluding hydrogens is 436 g/mol. The van der Waals surface area contributed by atoms with Crippen molar-refractivity contribution in [3.8, 4) is 0 Å². The third-order valence-electron chi connectivity index (χ3n) is 10.5. The number of allylic oxidation sites excluding steroid dienone is 1. The molecule has 0 aliphatic heterocycles. The molecule has 4 aliphatic carbocycles. The van der Waals surface area contributed by atoms with Crippen molar-refractivity contribution < 1.29 is 35.4 Å². The number of carbonyl (C=O) groups excluding carboxylic acids is 1. The van der Waals surface area contributed by atoms with Gasteiger partial charge in [0.15, 0.2) is 5.78 Å². The van der Waals surface area contributed by atoms with E-state index in [4.69, 9.17) is 0 Å². The van der Waals surface area contributed by atoms with E-state index in [1.54, 1.807) is 6.92 Å². The van der Waals surface area contributed by atoms with Crippen LogP contribution in [0.3, 0.4) is 0 Å². The number of ketones is 1. The molecule has 194 valence electrons. The molecular formula is C27H44O7. The summed E-state index contributed by atoms with van der Waals surface area (Å²) in [6.07, 6.45) is 0.195. The zero-order valence-electron chi connectivity index (χ0n) is 21.2. The molecule has 34 heavy (non-hydrogen) atoms. The first kappa shape index (κ1) is 26.2. The van der Waals surface area contributed by atoms with Crippen molar-refractivity contribution in [3.05, 3.63) is 11.6 Å². The van der Waals surface area contributed by atoms with Crippen LogP contribution in [0.15, 0.2) is 11.6 Å². The molecule has 0 radical (unpaired) electrons. The van der Waals surface area contributed by atoms with Crippen molar-refractivity contribution in [2.75, 3.05) is 0 Å². The molecule has 0 aromatic rings. The molecule has 0 bridgehead atoms. The Morgan fingerprint density at radius 2 is 1.74 bits per heavy atom. The molecule has 0 heterocycles. The van der Waals surface area contributed by atoms with Gasteiger partial charge in [-0.1, -0.05) is 27.7 Å². The van der Waals surface area contributed by atoms with Crippen LogP contribution in [0.2, 0.25) is 0 Å². The molecule has 1 unspecified atom stereocenters. The summed E-state index contributed by atoms with van der Waals surface area (Å²) in [6, 6.07) is 0. The molecule has 3 saturated carbocycles. The molecule has 0 saturated heterocycles. The Labute approximate surface area is 202 Å². The predicted octanol–water partition coefficient (Wildman–Crippen LogP) is 1.71. The lowest BCUT2D eigenvalue weighted by molar-refractivity contribution is -0.196. The summed E-state index contributed by atoms with van der Waals surface area (Å²) in [7, 11) is 0. The van der Waals surface area contributed by atoms with E-state index in [9.17, 15) is 35.4 Å². The molecule has 4 aliphatic rings. The second kappa shape index (κ2) is 8.35. The van der Waals surface area contributed by atoms with Gasteiger partial charge in [0.1, 0.15) is 0 Å². The van der Waals surface area contributed by atoms with Gasteiger partial charge in [-0.15, -0.1) is 0 Å². The highest BCUT2D eigenvalue weighted by Gasteiger charge is 2.71. The van der Waals surface area contributed by atoms with Crippen LogP contribution >= 0.6 is 0 Å². The molecule has 0 amide bonds. The van der Waals surface area contributed by atoms with E-state index < -0.39 is 64.2 Å². The van der Waals surface area contributed by atoms with Crippen LogP contribution in [0.1, 0.15) is 79.6 Å². The number of aliphatic hydroxyl groups is 6. The van der Waals surface area contributed by atoms with Crippen LogP contribution < -0.4 is 0 Å². The van der Waals surface area contributed by atoms with Gasteiger partial charge in [0.2, 0.25) is 0 Å². The normalized spacial score (nSPS) is 49.1. The quantitative estimate of drug-likeness (QED) is 0.352. The molecule has 11 atom stereocenters. The predicted molar refractivity (Wildman–Crippen MR) is 127 cm³/mol. The van der Waals surface area contributed by atoms with Crippen LogP contribution in [0.5, 0.6) is 0 Å². The first-order valence-electron chi connectivity index (χ1n) is 13.0. The minimum absolute atomic E-state index is 0.137. The Bertz CT molecular complexity index is 852. The number of hydrogen-bond donors (Lipinski definition) is 6. The van der Waals surface area contributed by atoms with Crippen LogP contribution in [0.25, 0.3) is 0 Å². The number of rotatable bonds is 5. The summed E-state index contributed by atoms with van der Waals surface area (Å²) in [5, 5.41) is 66.9. The highest BCUT2D eigenvalue weighted by molar-refractivity contribution is 5.95. The lowest BCUT2D eigenvalue weighted by Crippen LogP contribution is -2.66. The molecule has 0 spiro atoms. The number of aliphatic hydroxyl groups excluding tert-OH is 4. The van der Waals surface area contributed by atoms with Crippen molar-refractivity contribution in [2.24, 2.45) is 34.5 Å². The standard InChI is InChI=1S/C27H44O7/c1-14(2)6-7-22(32)26(5,33)21-8-9-27(34)16-11-17(28)15-10-18(29)19(30)12-24(15,3)23(16)20(31)13-25(21,27)4/h11,14-15,18-23,29-34H,6-10,12-13H2,1-5H3/t15-,18+,19-,20+,21-,22+,23+,24-,25+,26+,27?/m0/s1. The zero-order valence-corrected chi connectivity index (χ0v) is 21.2. The van der Waals surface area contributed by atoms with Gasteiger partial charge in [0, 0.05) is 17.3 Å². The lowest BCUT2D eigenvalue weighted by atomic mass is 9.45. The third-order valence-corrected chi connectivity index (χ3v) is 10.5. The van der Waals surface area contributed by atoms with E-state index in [0.29, 0.717) is 30.8 Å². The van der Waals surface area contributed by atoms with Crippen LogP contribution in [0, 0.1) is 34.5 Å². The van der Waals surface area contributed by atoms with Crippen LogP contribution in [-0.4, -0.2) is 72.0 Å². The SMILES string of the molecule is CC(C)CC[C@@H](O)[C@](C)(O)[C@H]1CCC2(O)C3=CC(=O)[C@@H]4C[C@@H](O)[C@@H](O)C[C@]4(C)[C@H]3[C@H](O)C[C@]12C. The highest BCUT2D eigenvalue weighted by atomic mass is 16.3. The van der Waals surface area contributed by atoms with E-state index in [0.717, 1.165) is 6.42 Å². The fourth-order valence-electron chi connectivity index (χ4n) is 8.44. The number of carbonyl (C=O) groups is 1. The summed E-state index contributed by atoms with van der Waals surface area (Å²) < 4.78 is 0. The van der Waals surface area contributed by atoms with E-state index in [1.807, 2.05) is 13.8 Å². The minimum Gasteiger partial charge on any atom is -0.392 e. The molecule has 4 rings (SSSR count). The first-order chi connectivity index (χ1) is 15.6. The van der Waals surface area contributed by atoms with Crippen molar-refractivity contribution >= 4 is 5.78 Å². The van der Waals surface area contributed by atoms with Gasteiger partial charge >= 0.3 is 0 Å². The fourth-order valence-corrected chi connectivity index (χ4v) is 8.44. The summed E-state index contributed by atoms with van der Waals surface area (Å²) in [5.74, 6) is -1.32. The van der Waals surface area contributed by atoms with Gasteiger partial charge in [-0.3, -0.25) is 4.79 Å². The topological polar surface area (TPSA) is 138 Å². The maximum absolute atomic E-state index is 13.3. The molecule has 0 aromatic heterocycles. The van der Waals surface area contributed by atoms with Crippen molar-refractivity contribution in [2.45, 2.75) is 115 Å². The average molecular weight is 481 g/mol. The largest absolute Gasteiger partial charge is 0.392 e. The van der Waals surface area contributed by atoms with Gasteiger partial charge in [-0.2, -0.15) is 0 Å². The van der Waals surface area contributed by atoms with Crippen LogP contribution in [-0.2, 0) is 4.79 Å². The summed E-state index contributed by atoms with van der Waals surface area (Å²) in [4.78, 5) is 13.3. The summed E-state index contributed by atoms with van der Waals surface area (Å²) in [6.45, 7) is 9.52. The Balaban J connectivity index is 1.73. The van der Waals surface area contributed by atoms with Crippen LogP contribution in [0.4, 0.5) is 0 Å². The first-order valence-corrected chi connectivity index (χ1v) is 13.0. The third kappa shape index (κ3) is 3.57. The van der Waals surface area contributed by atoms with Gasteiger partial charge in [-0.25, -0.2) is 0 Å². The monoisotopic (exact) mass is 480 g/mol. The molecule has 7 heteroatoms. The Morgan fingerprint density at radius 1 is 1.09 bits per heavy atom. The lowest BCUT2D eigenvalue weighted by Gasteiger charge is -2.62. The van der Waals surface area contributed by atoms with E-state index >= 15 is 0 Å². The summed E-state index contributed by atoms with van der Waals surface area (Å²) >= 11 is 0. The number of fused-ring (bicyclic) bond motifs is 5. The van der Waals surface area contributed by atoms with Crippen molar-refractivity contribution in [3.63, 3.8) is 0 Å². The minimum atomic E-state index is -1.46. The van der Waals surface area contributed by atoms with Gasteiger partial charge in [-0.05, 0) is 80.8 Å². The Hall–Kier alpha value is -0.830. The molecule has 6 N–H and O–H groups in total. The van der Waals surface area contributed by atoms with E-state index in [2.05, 4.69) is 13.8 Å². The van der Waals surface area contributed by atoms with Gasteiger partial charge in [0.05, 0.1) is 35.6 Å². The van der Waals surface area contributed by atoms with Gasteiger partial charge < -0.3 is 30.6 Å². The second-order valence-electron chi connectivity index (χ2n) is 13.0.